The van der Waals surface area contributed by atoms with E-state index in [0.29, 0.717) is 10.9 Å². The van der Waals surface area contributed by atoms with Gasteiger partial charge < -0.3 is 4.42 Å². The molecule has 2 aromatic carbocycles. The Bertz CT molecular complexity index is 1260. The zero-order valence-corrected chi connectivity index (χ0v) is 19.1. The van der Waals surface area contributed by atoms with E-state index in [1.807, 2.05) is 73.0 Å². The highest BCUT2D eigenvalue weighted by Gasteiger charge is 2.17. The van der Waals surface area contributed by atoms with E-state index in [0.717, 1.165) is 22.6 Å². The molecule has 166 valence electrons. The summed E-state index contributed by atoms with van der Waals surface area (Å²) in [5.41, 5.74) is 6.74. The minimum atomic E-state index is -0.238. The van der Waals surface area contributed by atoms with Gasteiger partial charge in [-0.05, 0) is 50.3 Å². The normalized spacial score (nSPS) is 11.5. The first-order valence-electron chi connectivity index (χ1n) is 10.3. The highest BCUT2D eigenvalue weighted by atomic mass is 32.2. The molecule has 0 atom stereocenters. The number of carbonyl (C=O) groups excluding carboxylic acids is 1. The van der Waals surface area contributed by atoms with Crippen LogP contribution in [0.1, 0.15) is 16.9 Å². The molecule has 0 aliphatic rings. The molecular weight excluding hydrogens is 434 g/mol. The van der Waals surface area contributed by atoms with E-state index < -0.39 is 0 Å². The molecule has 2 heterocycles. The topological polar surface area (TPSA) is 85.3 Å². The summed E-state index contributed by atoms with van der Waals surface area (Å²) in [5.74, 6) is 1.35. The van der Waals surface area contributed by atoms with Crippen LogP contribution >= 0.6 is 11.8 Å². The Morgan fingerprint density at radius 3 is 2.48 bits per heavy atom. The Morgan fingerprint density at radius 1 is 1.06 bits per heavy atom. The zero-order valence-electron chi connectivity index (χ0n) is 18.3. The van der Waals surface area contributed by atoms with Gasteiger partial charge in [0.15, 0.2) is 11.0 Å². The van der Waals surface area contributed by atoms with Crippen LogP contribution in [0.5, 0.6) is 0 Å². The van der Waals surface area contributed by atoms with Crippen LogP contribution < -0.4 is 5.43 Å². The van der Waals surface area contributed by atoms with E-state index in [4.69, 9.17) is 4.42 Å². The van der Waals surface area contributed by atoms with Crippen LogP contribution in [0.15, 0.2) is 87.7 Å². The van der Waals surface area contributed by atoms with Crippen molar-refractivity contribution < 1.29 is 9.21 Å². The van der Waals surface area contributed by atoms with Crippen molar-refractivity contribution in [1.29, 1.82) is 0 Å². The van der Waals surface area contributed by atoms with Crippen molar-refractivity contribution in [3.63, 3.8) is 0 Å². The van der Waals surface area contributed by atoms with Gasteiger partial charge in [0.2, 0.25) is 0 Å². The summed E-state index contributed by atoms with van der Waals surface area (Å²) in [6.07, 6.45) is 6.53. The summed E-state index contributed by atoms with van der Waals surface area (Å²) in [5, 5.41) is 13.3. The number of benzene rings is 2. The molecule has 0 fully saturated rings. The second-order valence-corrected chi connectivity index (χ2v) is 8.26. The third-order valence-corrected chi connectivity index (χ3v) is 5.65. The van der Waals surface area contributed by atoms with Crippen molar-refractivity contribution in [3.8, 4) is 17.1 Å². The van der Waals surface area contributed by atoms with Gasteiger partial charge in [0.25, 0.3) is 5.91 Å². The van der Waals surface area contributed by atoms with Gasteiger partial charge in [-0.1, -0.05) is 59.3 Å². The van der Waals surface area contributed by atoms with E-state index >= 15 is 0 Å². The number of hydrogen-bond donors (Lipinski definition) is 1. The number of allylic oxidation sites excluding steroid dienone is 1. The molecule has 33 heavy (non-hydrogen) atoms. The first kappa shape index (κ1) is 22.3. The predicted molar refractivity (Wildman–Crippen MR) is 131 cm³/mol. The number of hydrazone groups is 1. The van der Waals surface area contributed by atoms with Gasteiger partial charge in [0.05, 0.1) is 12.0 Å². The van der Waals surface area contributed by atoms with Crippen molar-refractivity contribution in [1.82, 2.24) is 20.2 Å². The summed E-state index contributed by atoms with van der Waals surface area (Å²) < 4.78 is 7.16. The second kappa shape index (κ2) is 10.6. The molecule has 0 radical (unpaired) electrons. The molecular formula is C25H23N5O2S. The molecule has 1 amide bonds. The molecule has 0 saturated heterocycles. The van der Waals surface area contributed by atoms with Crippen LogP contribution in [0.4, 0.5) is 0 Å². The number of hydrogen-bond acceptors (Lipinski definition) is 6. The Labute approximate surface area is 196 Å². The van der Waals surface area contributed by atoms with Crippen LogP contribution in [0.2, 0.25) is 0 Å². The molecule has 2 aromatic heterocycles. The van der Waals surface area contributed by atoms with Crippen LogP contribution in [-0.2, 0) is 4.79 Å². The minimum absolute atomic E-state index is 0.150. The minimum Gasteiger partial charge on any atom is -0.465 e. The molecule has 0 aliphatic carbocycles. The van der Waals surface area contributed by atoms with Crippen molar-refractivity contribution in [3.05, 3.63) is 89.9 Å². The van der Waals surface area contributed by atoms with Gasteiger partial charge in [-0.2, -0.15) is 5.10 Å². The molecule has 0 unspecified atom stereocenters. The van der Waals surface area contributed by atoms with Crippen LogP contribution in [0.25, 0.3) is 23.2 Å². The van der Waals surface area contributed by atoms with E-state index in [1.54, 1.807) is 24.5 Å². The van der Waals surface area contributed by atoms with Crippen molar-refractivity contribution in [2.45, 2.75) is 19.0 Å². The number of amides is 1. The summed E-state index contributed by atoms with van der Waals surface area (Å²) >= 11 is 1.31. The number of rotatable bonds is 8. The molecule has 4 rings (SSSR count). The molecule has 0 aliphatic heterocycles. The number of aromatic nitrogens is 3. The number of thioether (sulfide) groups is 1. The number of nitrogens with zero attached hydrogens (tertiary/aromatic N) is 4. The van der Waals surface area contributed by atoms with Gasteiger partial charge >= 0.3 is 0 Å². The Hall–Kier alpha value is -3.91. The highest BCUT2D eigenvalue weighted by Crippen LogP contribution is 2.28. The van der Waals surface area contributed by atoms with E-state index in [-0.39, 0.29) is 11.7 Å². The Kier molecular flexibility index (Phi) is 7.16. The number of carbonyl (C=O) groups is 1. The third-order valence-electron chi connectivity index (χ3n) is 4.72. The first-order chi connectivity index (χ1) is 16.1. The molecule has 0 saturated carbocycles. The maximum absolute atomic E-state index is 12.3. The predicted octanol–water partition coefficient (Wildman–Crippen LogP) is 5.05. The van der Waals surface area contributed by atoms with Crippen LogP contribution in [-0.4, -0.2) is 32.6 Å². The number of furan rings is 1. The second-order valence-electron chi connectivity index (χ2n) is 7.32. The van der Waals surface area contributed by atoms with Crippen LogP contribution in [0, 0.1) is 13.8 Å². The molecule has 0 spiro atoms. The average molecular weight is 458 g/mol. The smallest absolute Gasteiger partial charge is 0.250 e. The largest absolute Gasteiger partial charge is 0.465 e. The quantitative estimate of drug-likeness (QED) is 0.227. The van der Waals surface area contributed by atoms with Gasteiger partial charge in [-0.25, -0.2) is 5.43 Å². The average Bonchev–Trinajstić information content (AvgIpc) is 3.49. The van der Waals surface area contributed by atoms with Crippen molar-refractivity contribution in [2.24, 2.45) is 5.10 Å². The number of aryl methyl sites for hydroxylation is 2. The van der Waals surface area contributed by atoms with Gasteiger partial charge in [0.1, 0.15) is 5.76 Å². The maximum atomic E-state index is 12.3. The summed E-state index contributed by atoms with van der Waals surface area (Å²) in [4.78, 5) is 12.3. The SMILES string of the molecule is Cc1ccc(-c2nnc(SCC(=O)N/N=C/C=C/c3ccco3)n2-c2ccc(C)cc2)cc1. The zero-order chi connectivity index (χ0) is 23.0. The lowest BCUT2D eigenvalue weighted by molar-refractivity contribution is -0.118. The maximum Gasteiger partial charge on any atom is 0.250 e. The van der Waals surface area contributed by atoms with E-state index in [1.165, 1.54) is 23.5 Å². The molecule has 7 nitrogen and oxygen atoms in total. The summed E-state index contributed by atoms with van der Waals surface area (Å²) in [7, 11) is 0. The third kappa shape index (κ3) is 5.87. The van der Waals surface area contributed by atoms with Crippen LogP contribution in [0.3, 0.4) is 0 Å². The lowest BCUT2D eigenvalue weighted by Gasteiger charge is -2.11. The first-order valence-corrected chi connectivity index (χ1v) is 11.3. The lowest BCUT2D eigenvalue weighted by Crippen LogP contribution is -2.19. The van der Waals surface area contributed by atoms with E-state index in [2.05, 4.69) is 20.7 Å². The Balaban J connectivity index is 1.47. The fourth-order valence-electron chi connectivity index (χ4n) is 3.02. The molecule has 8 heteroatoms. The van der Waals surface area contributed by atoms with Gasteiger partial charge in [-0.3, -0.25) is 9.36 Å². The fraction of sp³-hybridized carbons (Fsp3) is 0.120. The fourth-order valence-corrected chi connectivity index (χ4v) is 3.76. The van der Waals surface area contributed by atoms with Gasteiger partial charge in [0, 0.05) is 17.5 Å². The summed E-state index contributed by atoms with van der Waals surface area (Å²) in [6, 6.07) is 19.9. The van der Waals surface area contributed by atoms with Crippen molar-refractivity contribution in [2.75, 3.05) is 5.75 Å². The van der Waals surface area contributed by atoms with Gasteiger partial charge in [-0.15, -0.1) is 10.2 Å². The Morgan fingerprint density at radius 2 is 1.79 bits per heavy atom. The summed E-state index contributed by atoms with van der Waals surface area (Å²) in [6.45, 7) is 4.09. The molecule has 0 bridgehead atoms. The molecule has 4 aromatic rings. The van der Waals surface area contributed by atoms with Crippen molar-refractivity contribution >= 4 is 30.0 Å². The molecule has 1 N–H and O–H groups in total. The number of nitrogens with one attached hydrogen (secondary N) is 1. The van der Waals surface area contributed by atoms with E-state index in [9.17, 15) is 4.79 Å². The monoisotopic (exact) mass is 457 g/mol. The lowest BCUT2D eigenvalue weighted by atomic mass is 10.1. The highest BCUT2D eigenvalue weighted by molar-refractivity contribution is 7.99. The standard InChI is InChI=1S/C25H23N5O2S/c1-18-7-11-20(12-8-18)24-28-29-25(30(24)21-13-9-19(2)10-14-21)33-17-23(31)27-26-15-3-5-22-6-4-16-32-22/h3-16H,17H2,1-2H3,(H,27,31)/b5-3+,26-15+.